The zero-order chi connectivity index (χ0) is 20.2. The fourth-order valence-corrected chi connectivity index (χ4v) is 6.17. The fraction of sp³-hybridized carbons (Fsp3) is 0.857. The molecule has 5 saturated carbocycles. The number of ketones is 1. The summed E-state index contributed by atoms with van der Waals surface area (Å²) in [6.45, 7) is 5.26. The standard InChI is InChI=1S/C21H32N2O5/c1-19(2,3)28-18(26)22-23-21(6-4-5-16(21)24)17(25)27-20-10-13-7-14(11-20)9-15(8-13)12-20/h13-15,23H,4-12H2,1-3H3,(H,22,26)/t13?,14?,15?,20?,21-/m1/s1. The van der Waals surface area contributed by atoms with Crippen LogP contribution < -0.4 is 10.9 Å². The Bertz CT molecular complexity index is 647. The average molecular weight is 392 g/mol. The van der Waals surface area contributed by atoms with Crippen LogP contribution >= 0.6 is 0 Å². The highest BCUT2D eigenvalue weighted by molar-refractivity contribution is 6.10. The van der Waals surface area contributed by atoms with Crippen LogP contribution in [0, 0.1) is 17.8 Å². The summed E-state index contributed by atoms with van der Waals surface area (Å²) in [4.78, 5) is 38.0. The second-order valence-corrected chi connectivity index (χ2v) is 10.4. The Labute approximate surface area is 166 Å². The first kappa shape index (κ1) is 19.7. The lowest BCUT2D eigenvalue weighted by Crippen LogP contribution is -2.64. The molecule has 156 valence electrons. The maximum absolute atomic E-state index is 13.3. The molecule has 0 aromatic rings. The summed E-state index contributed by atoms with van der Waals surface area (Å²) in [5, 5.41) is 0. The lowest BCUT2D eigenvalue weighted by atomic mass is 9.54. The molecule has 28 heavy (non-hydrogen) atoms. The molecule has 2 N–H and O–H groups in total. The van der Waals surface area contributed by atoms with E-state index in [0.29, 0.717) is 37.0 Å². The minimum Gasteiger partial charge on any atom is -0.457 e. The predicted molar refractivity (Wildman–Crippen MR) is 101 cm³/mol. The van der Waals surface area contributed by atoms with E-state index in [2.05, 4.69) is 10.9 Å². The topological polar surface area (TPSA) is 93.7 Å². The molecule has 7 nitrogen and oxygen atoms in total. The van der Waals surface area contributed by atoms with E-state index in [1.807, 2.05) is 0 Å². The number of hydrogen-bond acceptors (Lipinski definition) is 6. The summed E-state index contributed by atoms with van der Waals surface area (Å²) in [7, 11) is 0. The van der Waals surface area contributed by atoms with Crippen molar-refractivity contribution < 1.29 is 23.9 Å². The first-order valence-electron chi connectivity index (χ1n) is 10.6. The Hall–Kier alpha value is -1.63. The Kier molecular flexibility index (Phi) is 4.72. The third-order valence-electron chi connectivity index (χ3n) is 6.85. The quantitative estimate of drug-likeness (QED) is 0.434. The van der Waals surface area contributed by atoms with Crippen LogP contribution in [0.25, 0.3) is 0 Å². The van der Waals surface area contributed by atoms with Gasteiger partial charge in [0, 0.05) is 6.42 Å². The van der Waals surface area contributed by atoms with Crippen molar-refractivity contribution in [2.24, 2.45) is 17.8 Å². The smallest absolute Gasteiger partial charge is 0.422 e. The van der Waals surface area contributed by atoms with Gasteiger partial charge < -0.3 is 9.47 Å². The molecule has 1 amide bonds. The van der Waals surface area contributed by atoms with Gasteiger partial charge in [-0.15, -0.1) is 0 Å². The van der Waals surface area contributed by atoms with E-state index in [-0.39, 0.29) is 5.78 Å². The second-order valence-electron chi connectivity index (χ2n) is 10.4. The van der Waals surface area contributed by atoms with Gasteiger partial charge in [-0.25, -0.2) is 15.0 Å². The Balaban J connectivity index is 1.46. The number of esters is 1. The number of rotatable bonds is 4. The monoisotopic (exact) mass is 392 g/mol. The molecular weight excluding hydrogens is 360 g/mol. The van der Waals surface area contributed by atoms with Crippen molar-refractivity contribution in [3.63, 3.8) is 0 Å². The molecule has 0 spiro atoms. The first-order chi connectivity index (χ1) is 13.1. The van der Waals surface area contributed by atoms with E-state index in [0.717, 1.165) is 19.3 Å². The number of carbonyl (C=O) groups excluding carboxylic acids is 3. The SMILES string of the molecule is CC(C)(C)OC(=O)NN[C@]1(C(=O)OC23CC4CC(CC(C4)C2)C3)CCCC1=O. The van der Waals surface area contributed by atoms with Crippen molar-refractivity contribution >= 4 is 17.8 Å². The highest BCUT2D eigenvalue weighted by atomic mass is 16.6. The number of Topliss-reactive ketones (excluding diaryl/α,β-unsaturated/α-hetero) is 1. The molecule has 0 saturated heterocycles. The van der Waals surface area contributed by atoms with Crippen LogP contribution in [-0.4, -0.2) is 34.6 Å². The predicted octanol–water partition coefficient (Wildman–Crippen LogP) is 3.02. The summed E-state index contributed by atoms with van der Waals surface area (Å²) < 4.78 is 11.3. The number of nitrogens with one attached hydrogen (secondary N) is 2. The molecule has 0 aromatic carbocycles. The van der Waals surface area contributed by atoms with Gasteiger partial charge in [0.05, 0.1) is 0 Å². The molecule has 0 unspecified atom stereocenters. The normalized spacial score (nSPS) is 39.1. The number of hydrazine groups is 1. The van der Waals surface area contributed by atoms with Crippen molar-refractivity contribution in [3.05, 3.63) is 0 Å². The first-order valence-corrected chi connectivity index (χ1v) is 10.6. The van der Waals surface area contributed by atoms with Gasteiger partial charge in [-0.1, -0.05) is 0 Å². The van der Waals surface area contributed by atoms with Gasteiger partial charge in [-0.05, 0) is 89.9 Å². The number of hydrogen-bond donors (Lipinski definition) is 2. The van der Waals surface area contributed by atoms with Crippen molar-refractivity contribution in [3.8, 4) is 0 Å². The van der Waals surface area contributed by atoms with Crippen LogP contribution in [0.2, 0.25) is 0 Å². The number of carbonyl (C=O) groups is 3. The third-order valence-corrected chi connectivity index (χ3v) is 6.85. The minimum absolute atomic E-state index is 0.224. The van der Waals surface area contributed by atoms with E-state index in [1.54, 1.807) is 20.8 Å². The third kappa shape index (κ3) is 3.65. The van der Waals surface area contributed by atoms with Crippen LogP contribution in [-0.2, 0) is 19.1 Å². The van der Waals surface area contributed by atoms with Gasteiger partial charge in [0.15, 0.2) is 11.3 Å². The molecule has 0 aliphatic heterocycles. The number of ether oxygens (including phenoxy) is 2. The summed E-state index contributed by atoms with van der Waals surface area (Å²) in [5.41, 5.74) is 2.52. The fourth-order valence-electron chi connectivity index (χ4n) is 6.17. The van der Waals surface area contributed by atoms with Gasteiger partial charge in [0.1, 0.15) is 11.2 Å². The Morgan fingerprint density at radius 3 is 2.07 bits per heavy atom. The van der Waals surface area contributed by atoms with Crippen LogP contribution in [0.15, 0.2) is 0 Å². The maximum Gasteiger partial charge on any atom is 0.422 e. The Morgan fingerprint density at radius 2 is 1.61 bits per heavy atom. The molecule has 1 atom stereocenters. The summed E-state index contributed by atoms with van der Waals surface area (Å²) in [6.07, 6.45) is 6.99. The molecular formula is C21H32N2O5. The zero-order valence-corrected chi connectivity index (χ0v) is 17.1. The lowest BCUT2D eigenvalue weighted by Gasteiger charge is -2.56. The lowest BCUT2D eigenvalue weighted by molar-refractivity contribution is -0.193. The molecule has 0 radical (unpaired) electrons. The van der Waals surface area contributed by atoms with Crippen molar-refractivity contribution in [2.45, 2.75) is 95.3 Å². The highest BCUT2D eigenvalue weighted by Crippen LogP contribution is 2.57. The molecule has 0 aromatic heterocycles. The minimum atomic E-state index is -1.50. The molecule has 5 aliphatic carbocycles. The molecule has 7 heteroatoms. The van der Waals surface area contributed by atoms with E-state index >= 15 is 0 Å². The van der Waals surface area contributed by atoms with E-state index < -0.39 is 28.8 Å². The van der Waals surface area contributed by atoms with E-state index in [4.69, 9.17) is 9.47 Å². The molecule has 0 heterocycles. The van der Waals surface area contributed by atoms with Gasteiger partial charge >= 0.3 is 12.1 Å². The molecule has 5 rings (SSSR count). The average Bonchev–Trinajstić information content (AvgIpc) is 2.91. The van der Waals surface area contributed by atoms with Gasteiger partial charge in [0.25, 0.3) is 0 Å². The molecule has 4 bridgehead atoms. The molecule has 5 fully saturated rings. The largest absolute Gasteiger partial charge is 0.457 e. The molecule has 5 aliphatic rings. The van der Waals surface area contributed by atoms with Crippen LogP contribution in [0.5, 0.6) is 0 Å². The van der Waals surface area contributed by atoms with Crippen LogP contribution in [0.1, 0.15) is 78.6 Å². The van der Waals surface area contributed by atoms with Crippen molar-refractivity contribution in [2.75, 3.05) is 0 Å². The maximum atomic E-state index is 13.3. The van der Waals surface area contributed by atoms with Crippen LogP contribution in [0.4, 0.5) is 4.79 Å². The van der Waals surface area contributed by atoms with Crippen molar-refractivity contribution in [1.29, 1.82) is 0 Å². The van der Waals surface area contributed by atoms with Gasteiger partial charge in [0.2, 0.25) is 0 Å². The van der Waals surface area contributed by atoms with Gasteiger partial charge in [-0.3, -0.25) is 10.2 Å². The summed E-state index contributed by atoms with van der Waals surface area (Å²) >= 11 is 0. The zero-order valence-electron chi connectivity index (χ0n) is 17.1. The van der Waals surface area contributed by atoms with Gasteiger partial charge in [-0.2, -0.15) is 0 Å². The number of amides is 1. The van der Waals surface area contributed by atoms with Crippen molar-refractivity contribution in [1.82, 2.24) is 10.9 Å². The summed E-state index contributed by atoms with van der Waals surface area (Å²) in [5.74, 6) is 1.16. The Morgan fingerprint density at radius 1 is 1.04 bits per heavy atom. The highest BCUT2D eigenvalue weighted by Gasteiger charge is 2.57. The van der Waals surface area contributed by atoms with E-state index in [9.17, 15) is 14.4 Å². The van der Waals surface area contributed by atoms with E-state index in [1.165, 1.54) is 19.3 Å². The summed E-state index contributed by atoms with van der Waals surface area (Å²) in [6, 6.07) is 0. The van der Waals surface area contributed by atoms with Crippen LogP contribution in [0.3, 0.4) is 0 Å². The second kappa shape index (κ2) is 6.71.